The second-order valence-corrected chi connectivity index (χ2v) is 5.85. The minimum Gasteiger partial charge on any atom is -0.357 e. The number of aryl methyl sites for hydroxylation is 1. The summed E-state index contributed by atoms with van der Waals surface area (Å²) in [4.78, 5) is 14.1. The highest BCUT2D eigenvalue weighted by molar-refractivity contribution is 6.31. The zero-order valence-corrected chi connectivity index (χ0v) is 13.5. The van der Waals surface area contributed by atoms with Crippen molar-refractivity contribution in [1.82, 2.24) is 9.78 Å². The van der Waals surface area contributed by atoms with Crippen molar-refractivity contribution in [3.8, 4) is 6.07 Å². The molecular weight excluding hydrogens is 333 g/mol. The van der Waals surface area contributed by atoms with E-state index in [9.17, 15) is 9.18 Å². The lowest BCUT2D eigenvalue weighted by atomic mass is 10.2. The van der Waals surface area contributed by atoms with Gasteiger partial charge in [0.25, 0.3) is 0 Å². The Bertz CT molecular complexity index is 800. The van der Waals surface area contributed by atoms with Crippen LogP contribution in [0.3, 0.4) is 0 Å². The third kappa shape index (κ3) is 3.34. The van der Waals surface area contributed by atoms with Gasteiger partial charge in [-0.2, -0.15) is 10.4 Å². The van der Waals surface area contributed by atoms with Gasteiger partial charge in [-0.1, -0.05) is 11.6 Å². The summed E-state index contributed by atoms with van der Waals surface area (Å²) in [6.45, 7) is 1.03. The van der Waals surface area contributed by atoms with Crippen molar-refractivity contribution in [3.05, 3.63) is 41.3 Å². The van der Waals surface area contributed by atoms with Crippen LogP contribution < -0.4 is 10.2 Å². The summed E-state index contributed by atoms with van der Waals surface area (Å²) >= 11 is 5.79. The summed E-state index contributed by atoms with van der Waals surface area (Å²) in [7, 11) is 0. The quantitative estimate of drug-likeness (QED) is 0.902. The molecule has 0 bridgehead atoms. The molecule has 1 fully saturated rings. The van der Waals surface area contributed by atoms with Crippen LogP contribution in [0.4, 0.5) is 15.9 Å². The molecule has 1 aromatic heterocycles. The number of carbonyl (C=O) groups excluding carboxylic acids is 1. The highest BCUT2D eigenvalue weighted by atomic mass is 35.5. The normalized spacial score (nSPS) is 17.1. The molecule has 1 amide bonds. The number of nitrogens with one attached hydrogen (secondary N) is 1. The van der Waals surface area contributed by atoms with Gasteiger partial charge in [0, 0.05) is 24.5 Å². The van der Waals surface area contributed by atoms with Gasteiger partial charge in [-0.15, -0.1) is 0 Å². The van der Waals surface area contributed by atoms with Crippen molar-refractivity contribution in [2.45, 2.75) is 25.4 Å². The van der Waals surface area contributed by atoms with Gasteiger partial charge < -0.3 is 10.2 Å². The first-order valence-electron chi connectivity index (χ1n) is 7.52. The van der Waals surface area contributed by atoms with Crippen LogP contribution in [0.25, 0.3) is 0 Å². The largest absolute Gasteiger partial charge is 0.357 e. The number of halogens is 2. The summed E-state index contributed by atoms with van der Waals surface area (Å²) in [5, 5.41) is 16.0. The first-order valence-corrected chi connectivity index (χ1v) is 7.89. The Morgan fingerprint density at radius 3 is 3.04 bits per heavy atom. The van der Waals surface area contributed by atoms with Crippen LogP contribution in [0, 0.1) is 17.1 Å². The Balaban J connectivity index is 1.66. The number of aromatic nitrogens is 2. The number of nitrogens with zero attached hydrogens (tertiary/aromatic N) is 4. The fraction of sp³-hybridized carbons (Fsp3) is 0.312. The van der Waals surface area contributed by atoms with Crippen LogP contribution in [-0.2, 0) is 11.3 Å². The standard InChI is InChI=1S/C16H15ClFN5O/c17-12-10-11(2-3-13(12)18)23-9-4-14(16(23)24)20-15-5-8-22(21-15)7-1-6-19/h2-3,5,8,10,14H,1,4,7,9H2,(H,20,21). The Kier molecular flexibility index (Phi) is 4.67. The molecule has 0 spiro atoms. The molecule has 2 heterocycles. The summed E-state index contributed by atoms with van der Waals surface area (Å²) < 4.78 is 14.9. The summed E-state index contributed by atoms with van der Waals surface area (Å²) in [5.41, 5.74) is 0.579. The van der Waals surface area contributed by atoms with Crippen LogP contribution in [0.5, 0.6) is 0 Å². The maximum atomic E-state index is 13.3. The number of hydrogen-bond donors (Lipinski definition) is 1. The predicted octanol–water partition coefficient (Wildman–Crippen LogP) is 2.81. The van der Waals surface area contributed by atoms with E-state index in [4.69, 9.17) is 16.9 Å². The molecule has 3 rings (SSSR count). The number of rotatable bonds is 5. The van der Waals surface area contributed by atoms with Gasteiger partial charge >= 0.3 is 0 Å². The molecule has 1 saturated heterocycles. The molecule has 24 heavy (non-hydrogen) atoms. The molecule has 0 radical (unpaired) electrons. The lowest BCUT2D eigenvalue weighted by molar-refractivity contribution is -0.117. The minimum absolute atomic E-state index is 0.00653. The molecule has 6 nitrogen and oxygen atoms in total. The molecule has 124 valence electrons. The van der Waals surface area contributed by atoms with Crippen LogP contribution in [-0.4, -0.2) is 28.3 Å². The zero-order valence-electron chi connectivity index (χ0n) is 12.7. The monoisotopic (exact) mass is 347 g/mol. The fourth-order valence-corrected chi connectivity index (χ4v) is 2.80. The second-order valence-electron chi connectivity index (χ2n) is 5.45. The van der Waals surface area contributed by atoms with Gasteiger partial charge in [-0.05, 0) is 24.6 Å². The van der Waals surface area contributed by atoms with E-state index in [1.165, 1.54) is 18.2 Å². The van der Waals surface area contributed by atoms with E-state index < -0.39 is 11.9 Å². The van der Waals surface area contributed by atoms with Gasteiger partial charge in [0.2, 0.25) is 5.91 Å². The molecular formula is C16H15ClFN5O. The van der Waals surface area contributed by atoms with Gasteiger partial charge in [-0.3, -0.25) is 9.48 Å². The molecule has 2 aromatic rings. The lowest BCUT2D eigenvalue weighted by Crippen LogP contribution is -2.33. The van der Waals surface area contributed by atoms with Crippen LogP contribution in [0.1, 0.15) is 12.8 Å². The molecule has 8 heteroatoms. The van der Waals surface area contributed by atoms with E-state index >= 15 is 0 Å². The first-order chi connectivity index (χ1) is 11.6. The zero-order chi connectivity index (χ0) is 17.1. The maximum Gasteiger partial charge on any atom is 0.249 e. The van der Waals surface area contributed by atoms with E-state index in [1.807, 2.05) is 0 Å². The number of benzene rings is 1. The maximum absolute atomic E-state index is 13.3. The summed E-state index contributed by atoms with van der Waals surface area (Å²) in [6, 6.07) is 7.67. The Hall–Kier alpha value is -2.59. The van der Waals surface area contributed by atoms with Gasteiger partial charge in [0.05, 0.1) is 24.1 Å². The van der Waals surface area contributed by atoms with Crippen molar-refractivity contribution < 1.29 is 9.18 Å². The third-order valence-electron chi connectivity index (χ3n) is 3.84. The van der Waals surface area contributed by atoms with E-state index in [0.717, 1.165) is 0 Å². The first kappa shape index (κ1) is 16.3. The van der Waals surface area contributed by atoms with Crippen molar-refractivity contribution >= 4 is 29.0 Å². The van der Waals surface area contributed by atoms with E-state index in [-0.39, 0.29) is 10.9 Å². The highest BCUT2D eigenvalue weighted by Crippen LogP contribution is 2.27. The Morgan fingerprint density at radius 2 is 2.29 bits per heavy atom. The molecule has 0 saturated carbocycles. The lowest BCUT2D eigenvalue weighted by Gasteiger charge is -2.17. The smallest absolute Gasteiger partial charge is 0.249 e. The van der Waals surface area contributed by atoms with Gasteiger partial charge in [0.15, 0.2) is 0 Å². The van der Waals surface area contributed by atoms with E-state index in [2.05, 4.69) is 16.5 Å². The van der Waals surface area contributed by atoms with Crippen molar-refractivity contribution in [3.63, 3.8) is 0 Å². The Labute approximate surface area is 143 Å². The van der Waals surface area contributed by atoms with Crippen LogP contribution >= 0.6 is 11.6 Å². The van der Waals surface area contributed by atoms with Gasteiger partial charge in [-0.25, -0.2) is 4.39 Å². The molecule has 0 aliphatic carbocycles. The molecule has 1 aliphatic rings. The van der Waals surface area contributed by atoms with Gasteiger partial charge in [0.1, 0.15) is 17.7 Å². The number of carbonyl (C=O) groups is 1. The second kappa shape index (κ2) is 6.89. The summed E-state index contributed by atoms with van der Waals surface area (Å²) in [5.74, 6) is -0.0285. The number of hydrogen-bond acceptors (Lipinski definition) is 4. The average molecular weight is 348 g/mol. The summed E-state index contributed by atoms with van der Waals surface area (Å²) in [6.07, 6.45) is 2.75. The third-order valence-corrected chi connectivity index (χ3v) is 4.13. The SMILES string of the molecule is N#CCCn1ccc(NC2CCN(c3ccc(F)c(Cl)c3)C2=O)n1. The van der Waals surface area contributed by atoms with Crippen molar-refractivity contribution in [2.75, 3.05) is 16.8 Å². The molecule has 1 aliphatic heterocycles. The van der Waals surface area contributed by atoms with E-state index in [1.54, 1.807) is 21.8 Å². The molecule has 1 N–H and O–H groups in total. The number of nitriles is 1. The fourth-order valence-electron chi connectivity index (χ4n) is 2.63. The van der Waals surface area contributed by atoms with Crippen LogP contribution in [0.2, 0.25) is 5.02 Å². The van der Waals surface area contributed by atoms with E-state index in [0.29, 0.717) is 37.4 Å². The molecule has 1 unspecified atom stereocenters. The topological polar surface area (TPSA) is 74.0 Å². The minimum atomic E-state index is -0.510. The van der Waals surface area contributed by atoms with Crippen molar-refractivity contribution in [2.24, 2.45) is 0 Å². The predicted molar refractivity (Wildman–Crippen MR) is 88.2 cm³/mol. The average Bonchev–Trinajstić information content (AvgIpc) is 3.16. The highest BCUT2D eigenvalue weighted by Gasteiger charge is 2.33. The number of amides is 1. The molecule has 1 atom stereocenters. The van der Waals surface area contributed by atoms with Crippen LogP contribution in [0.15, 0.2) is 30.5 Å². The number of anilines is 2. The molecule has 1 aromatic carbocycles. The van der Waals surface area contributed by atoms with Crippen molar-refractivity contribution in [1.29, 1.82) is 5.26 Å². The Morgan fingerprint density at radius 1 is 1.46 bits per heavy atom.